The summed E-state index contributed by atoms with van der Waals surface area (Å²) in [6.07, 6.45) is 0.956. The Bertz CT molecular complexity index is 210. The summed E-state index contributed by atoms with van der Waals surface area (Å²) in [5.74, 6) is -0.987. The lowest BCUT2D eigenvalue weighted by Gasteiger charge is -2.03. The highest BCUT2D eigenvalue weighted by Crippen LogP contribution is 1.94. The van der Waals surface area contributed by atoms with Gasteiger partial charge in [0.2, 0.25) is 0 Å². The molecule has 8 heteroatoms. The molecule has 0 saturated carbocycles. The molecule has 0 bridgehead atoms. The van der Waals surface area contributed by atoms with Crippen molar-refractivity contribution in [3.05, 3.63) is 0 Å². The van der Waals surface area contributed by atoms with Crippen LogP contribution in [-0.2, 0) is 4.79 Å². The van der Waals surface area contributed by atoms with Crippen molar-refractivity contribution in [2.24, 2.45) is 22.2 Å². The van der Waals surface area contributed by atoms with Gasteiger partial charge in [0.1, 0.15) is 6.04 Å². The molecule has 7 N–H and O–H groups in total. The van der Waals surface area contributed by atoms with Crippen molar-refractivity contribution in [3.63, 3.8) is 0 Å². The first-order valence-corrected chi connectivity index (χ1v) is 3.78. The van der Waals surface area contributed by atoms with Gasteiger partial charge < -0.3 is 22.3 Å². The van der Waals surface area contributed by atoms with Crippen LogP contribution in [-0.4, -0.2) is 29.6 Å². The molecule has 0 radical (unpaired) electrons. The Morgan fingerprint density at radius 1 is 1.43 bits per heavy atom. The Kier molecular flexibility index (Phi) is 9.63. The van der Waals surface area contributed by atoms with Crippen LogP contribution < -0.4 is 17.2 Å². The number of guanidine groups is 1. The van der Waals surface area contributed by atoms with E-state index in [0.717, 1.165) is 0 Å². The van der Waals surface area contributed by atoms with E-state index in [1.165, 1.54) is 0 Å². The third-order valence-corrected chi connectivity index (χ3v) is 1.28. The van der Waals surface area contributed by atoms with E-state index >= 15 is 0 Å². The Morgan fingerprint density at radius 3 is 2.29 bits per heavy atom. The lowest BCUT2D eigenvalue weighted by molar-refractivity contribution is -0.138. The summed E-state index contributed by atoms with van der Waals surface area (Å²) in [7, 11) is 0. The van der Waals surface area contributed by atoms with Crippen molar-refractivity contribution < 1.29 is 9.90 Å². The van der Waals surface area contributed by atoms with Crippen molar-refractivity contribution >= 4 is 11.9 Å². The maximum absolute atomic E-state index is 10.2. The highest BCUT2D eigenvalue weighted by atomic mass is 16.4. The van der Waals surface area contributed by atoms with Gasteiger partial charge in [-0.1, -0.05) is 0 Å². The monoisotopic (exact) mass is 202 g/mol. The average molecular weight is 202 g/mol. The second kappa shape index (κ2) is 9.21. The van der Waals surface area contributed by atoms with Crippen LogP contribution >= 0.6 is 0 Å². The summed E-state index contributed by atoms with van der Waals surface area (Å²) < 4.78 is 0. The highest BCUT2D eigenvalue weighted by Gasteiger charge is 2.09. The molecule has 0 aromatic rings. The zero-order chi connectivity index (χ0) is 11.6. The normalized spacial score (nSPS) is 10.5. The fraction of sp³-hybridized carbons (Fsp3) is 0.667. The van der Waals surface area contributed by atoms with E-state index in [0.29, 0.717) is 19.4 Å². The molecule has 0 aliphatic rings. The molecule has 0 aromatic carbocycles. The van der Waals surface area contributed by atoms with E-state index < -0.39 is 12.0 Å². The number of aliphatic imine (C=N–C) groups is 1. The molecule has 0 rings (SSSR count). The summed E-state index contributed by atoms with van der Waals surface area (Å²) in [6, 6.07) is -0.820. The standard InChI is InChI=1S/C6H14N4O2.N2/c7-4(5(11)12)2-1-3-10-6(8)9;1-2/h4H,1-3,7H2,(H,11,12)(H4,8,9,10);/t4-;/m0./s1. The molecule has 0 aromatic heterocycles. The molecule has 0 saturated heterocycles. The van der Waals surface area contributed by atoms with Crippen LogP contribution in [0.5, 0.6) is 0 Å². The van der Waals surface area contributed by atoms with Gasteiger partial charge >= 0.3 is 5.97 Å². The Hall–Kier alpha value is -1.88. The number of hydrogen-bond donors (Lipinski definition) is 4. The van der Waals surface area contributed by atoms with Crippen LogP contribution in [0.2, 0.25) is 0 Å². The molecule has 8 nitrogen and oxygen atoms in total. The minimum absolute atomic E-state index is 0.0129. The third-order valence-electron chi connectivity index (χ3n) is 1.28. The highest BCUT2D eigenvalue weighted by molar-refractivity contribution is 5.75. The quantitative estimate of drug-likeness (QED) is 0.181. The summed E-state index contributed by atoms with van der Waals surface area (Å²) in [5, 5.41) is 20.4. The van der Waals surface area contributed by atoms with Crippen molar-refractivity contribution in [2.45, 2.75) is 18.9 Å². The first-order chi connectivity index (χ1) is 6.54. The molecular weight excluding hydrogens is 188 g/mol. The van der Waals surface area contributed by atoms with E-state index in [1.54, 1.807) is 0 Å². The van der Waals surface area contributed by atoms with Crippen LogP contribution in [0.15, 0.2) is 4.99 Å². The number of nitrogens with two attached hydrogens (primary N) is 3. The first-order valence-electron chi connectivity index (χ1n) is 3.78. The second-order valence-corrected chi connectivity index (χ2v) is 2.39. The molecule has 0 spiro atoms. The molecule has 1 atom stereocenters. The van der Waals surface area contributed by atoms with E-state index in [-0.39, 0.29) is 5.96 Å². The van der Waals surface area contributed by atoms with Crippen molar-refractivity contribution in [1.82, 2.24) is 0 Å². The fourth-order valence-corrected chi connectivity index (χ4v) is 0.643. The SMILES string of the molecule is N#N.NC(N)=NCCC[C@H](N)C(=O)O. The largest absolute Gasteiger partial charge is 0.480 e. The van der Waals surface area contributed by atoms with Crippen LogP contribution in [0.4, 0.5) is 0 Å². The van der Waals surface area contributed by atoms with Gasteiger partial charge in [0.15, 0.2) is 5.96 Å². The van der Waals surface area contributed by atoms with Crippen LogP contribution in [0.1, 0.15) is 12.8 Å². The third kappa shape index (κ3) is 10.1. The zero-order valence-electron chi connectivity index (χ0n) is 7.63. The summed E-state index contributed by atoms with van der Waals surface area (Å²) in [6.45, 7) is 0.420. The van der Waals surface area contributed by atoms with Crippen molar-refractivity contribution in [2.75, 3.05) is 6.54 Å². The molecule has 14 heavy (non-hydrogen) atoms. The molecule has 80 valence electrons. The lowest BCUT2D eigenvalue weighted by Crippen LogP contribution is -2.30. The fourth-order valence-electron chi connectivity index (χ4n) is 0.643. The van der Waals surface area contributed by atoms with Gasteiger partial charge in [-0.25, -0.2) is 0 Å². The predicted octanol–water partition coefficient (Wildman–Crippen LogP) is -1.52. The molecular formula is C6H14N6O2. The topological polar surface area (TPSA) is 175 Å². The van der Waals surface area contributed by atoms with Gasteiger partial charge in [0, 0.05) is 17.3 Å². The molecule has 0 heterocycles. The van der Waals surface area contributed by atoms with E-state index in [2.05, 4.69) is 4.99 Å². The van der Waals surface area contributed by atoms with Gasteiger partial charge in [0.05, 0.1) is 0 Å². The van der Waals surface area contributed by atoms with E-state index in [1.807, 2.05) is 0 Å². The van der Waals surface area contributed by atoms with E-state index in [9.17, 15) is 4.79 Å². The summed E-state index contributed by atoms with van der Waals surface area (Å²) >= 11 is 0. The Labute approximate surface area is 81.2 Å². The number of carboxylic acids is 1. The molecule has 0 aliphatic carbocycles. The van der Waals surface area contributed by atoms with Crippen molar-refractivity contribution in [1.29, 1.82) is 10.8 Å². The zero-order valence-corrected chi connectivity index (χ0v) is 7.63. The Balaban J connectivity index is 0. The van der Waals surface area contributed by atoms with Gasteiger partial charge in [-0.3, -0.25) is 9.79 Å². The molecule has 0 amide bonds. The minimum Gasteiger partial charge on any atom is -0.480 e. The number of carbonyl (C=O) groups is 1. The van der Waals surface area contributed by atoms with Crippen LogP contribution in [0, 0.1) is 10.8 Å². The number of hydrogen-bond acceptors (Lipinski definition) is 5. The number of carboxylic acid groups (broad SMARTS) is 1. The number of nitrogens with zero attached hydrogens (tertiary/aromatic N) is 3. The second-order valence-electron chi connectivity index (χ2n) is 2.39. The maximum Gasteiger partial charge on any atom is 0.320 e. The number of aliphatic carboxylic acids is 1. The van der Waals surface area contributed by atoms with Gasteiger partial charge in [0.25, 0.3) is 0 Å². The van der Waals surface area contributed by atoms with Crippen LogP contribution in [0.25, 0.3) is 0 Å². The molecule has 0 unspecified atom stereocenters. The lowest BCUT2D eigenvalue weighted by atomic mass is 10.2. The van der Waals surface area contributed by atoms with Gasteiger partial charge in [-0.15, -0.1) is 0 Å². The molecule has 0 aliphatic heterocycles. The average Bonchev–Trinajstić information content (AvgIpc) is 2.15. The van der Waals surface area contributed by atoms with E-state index in [4.69, 9.17) is 33.1 Å². The number of rotatable bonds is 5. The van der Waals surface area contributed by atoms with Gasteiger partial charge in [-0.05, 0) is 12.8 Å². The smallest absolute Gasteiger partial charge is 0.320 e. The molecule has 0 fully saturated rings. The maximum atomic E-state index is 10.2. The first kappa shape index (κ1) is 14.6. The summed E-state index contributed by atoms with van der Waals surface area (Å²) in [4.78, 5) is 13.9. The van der Waals surface area contributed by atoms with Crippen LogP contribution in [0.3, 0.4) is 0 Å². The minimum atomic E-state index is -1.00. The summed E-state index contributed by atoms with van der Waals surface area (Å²) in [5.41, 5.74) is 15.3. The Morgan fingerprint density at radius 2 is 1.93 bits per heavy atom. The van der Waals surface area contributed by atoms with Crippen molar-refractivity contribution in [3.8, 4) is 0 Å². The van der Waals surface area contributed by atoms with Gasteiger partial charge in [-0.2, -0.15) is 0 Å². The predicted molar refractivity (Wildman–Crippen MR) is 49.0 cm³/mol.